The van der Waals surface area contributed by atoms with Crippen LogP contribution in [-0.4, -0.2) is 29.7 Å². The molecule has 7 heteroatoms. The largest absolute Gasteiger partial charge is 0.497 e. The number of hydrogen-bond donors (Lipinski definition) is 1. The van der Waals surface area contributed by atoms with Crippen molar-refractivity contribution in [3.05, 3.63) is 94.1 Å². The molecule has 0 radical (unpaired) electrons. The van der Waals surface area contributed by atoms with Gasteiger partial charge in [-0.1, -0.05) is 12.1 Å². The number of nitrogens with zero attached hydrogens (tertiary/aromatic N) is 2. The molecule has 0 spiro atoms. The van der Waals surface area contributed by atoms with E-state index in [9.17, 15) is 4.79 Å². The van der Waals surface area contributed by atoms with E-state index in [1.54, 1.807) is 14.2 Å². The number of aromatic nitrogens is 1. The zero-order chi connectivity index (χ0) is 24.6. The molecule has 0 saturated carbocycles. The smallest absolute Gasteiger partial charge is 0.322 e. The first kappa shape index (κ1) is 22.7. The zero-order valence-electron chi connectivity index (χ0n) is 20.5. The highest BCUT2D eigenvalue weighted by Crippen LogP contribution is 2.44. The third kappa shape index (κ3) is 3.93. The lowest BCUT2D eigenvalue weighted by atomic mass is 9.95. The number of rotatable bonds is 4. The first-order valence-electron chi connectivity index (χ1n) is 12.3. The van der Waals surface area contributed by atoms with Crippen LogP contribution in [0.2, 0.25) is 0 Å². The molecule has 0 bridgehead atoms. The minimum atomic E-state index is -0.271. The Kier molecular flexibility index (Phi) is 5.93. The number of amides is 2. The number of urea groups is 1. The SMILES string of the molecule is COc1ccc(NC(=O)N2Cc3c(sc4c3CCCC4)-n3cccc3C2c2cccc(OC)c2)cc1. The average Bonchev–Trinajstić information content (AvgIpc) is 3.51. The number of methoxy groups -OCH3 is 2. The molecule has 6 rings (SSSR count). The van der Waals surface area contributed by atoms with E-state index in [0.29, 0.717) is 6.54 Å². The molecule has 184 valence electrons. The molecule has 4 aromatic rings. The Morgan fingerprint density at radius 2 is 1.75 bits per heavy atom. The lowest BCUT2D eigenvalue weighted by molar-refractivity contribution is 0.194. The number of carbonyl (C=O) groups is 1. The van der Waals surface area contributed by atoms with E-state index in [4.69, 9.17) is 9.47 Å². The van der Waals surface area contributed by atoms with Crippen LogP contribution in [0.1, 0.15) is 46.1 Å². The van der Waals surface area contributed by atoms with Gasteiger partial charge in [0.2, 0.25) is 0 Å². The fraction of sp³-hybridized carbons (Fsp3) is 0.276. The van der Waals surface area contributed by atoms with E-state index >= 15 is 0 Å². The van der Waals surface area contributed by atoms with Crippen molar-refractivity contribution in [2.45, 2.75) is 38.3 Å². The van der Waals surface area contributed by atoms with Crippen molar-refractivity contribution in [3.8, 4) is 16.5 Å². The van der Waals surface area contributed by atoms with Gasteiger partial charge in [-0.05, 0) is 85.3 Å². The Balaban J connectivity index is 1.47. The van der Waals surface area contributed by atoms with Crippen molar-refractivity contribution >= 4 is 23.1 Å². The fourth-order valence-electron chi connectivity index (χ4n) is 5.42. The van der Waals surface area contributed by atoms with Crippen LogP contribution in [0.3, 0.4) is 0 Å². The first-order chi connectivity index (χ1) is 17.7. The summed E-state index contributed by atoms with van der Waals surface area (Å²) in [6.07, 6.45) is 6.77. The van der Waals surface area contributed by atoms with Crippen molar-refractivity contribution < 1.29 is 14.3 Å². The number of carbonyl (C=O) groups excluding carboxylic acids is 1. The Bertz CT molecular complexity index is 1410. The van der Waals surface area contributed by atoms with Crippen molar-refractivity contribution in [2.24, 2.45) is 0 Å². The molecule has 2 aromatic heterocycles. The molecule has 1 aliphatic carbocycles. The van der Waals surface area contributed by atoms with Gasteiger partial charge in [0.1, 0.15) is 16.5 Å². The molecule has 6 nitrogen and oxygen atoms in total. The van der Waals surface area contributed by atoms with Gasteiger partial charge in [-0.2, -0.15) is 0 Å². The number of thiophene rings is 1. The average molecular weight is 500 g/mol. The number of benzene rings is 2. The van der Waals surface area contributed by atoms with Gasteiger partial charge in [0.15, 0.2) is 0 Å². The summed E-state index contributed by atoms with van der Waals surface area (Å²) in [4.78, 5) is 17.4. The fourth-order valence-corrected chi connectivity index (χ4v) is 6.82. The van der Waals surface area contributed by atoms with E-state index < -0.39 is 0 Å². The third-order valence-electron chi connectivity index (χ3n) is 7.19. The number of nitrogens with one attached hydrogen (secondary N) is 1. The van der Waals surface area contributed by atoms with Crippen LogP contribution in [-0.2, 0) is 19.4 Å². The molecule has 2 amide bonds. The number of ether oxygens (including phenoxy) is 2. The van der Waals surface area contributed by atoms with E-state index in [-0.39, 0.29) is 12.1 Å². The number of anilines is 1. The van der Waals surface area contributed by atoms with E-state index in [2.05, 4.69) is 34.3 Å². The predicted molar refractivity (Wildman–Crippen MR) is 143 cm³/mol. The number of fused-ring (bicyclic) bond motifs is 5. The minimum Gasteiger partial charge on any atom is -0.497 e. The monoisotopic (exact) mass is 499 g/mol. The lowest BCUT2D eigenvalue weighted by Crippen LogP contribution is -2.38. The quantitative estimate of drug-likeness (QED) is 0.345. The highest BCUT2D eigenvalue weighted by Gasteiger charge is 2.36. The topological polar surface area (TPSA) is 55.7 Å². The van der Waals surface area contributed by atoms with E-state index in [1.165, 1.54) is 33.8 Å². The van der Waals surface area contributed by atoms with Crippen LogP contribution in [0.5, 0.6) is 11.5 Å². The molecule has 3 heterocycles. The second-order valence-electron chi connectivity index (χ2n) is 9.26. The first-order valence-corrected chi connectivity index (χ1v) is 13.1. The molecule has 1 N–H and O–H groups in total. The van der Waals surface area contributed by atoms with E-state index in [0.717, 1.165) is 41.3 Å². The summed E-state index contributed by atoms with van der Waals surface area (Å²) < 4.78 is 13.1. The van der Waals surface area contributed by atoms with Gasteiger partial charge in [-0.3, -0.25) is 0 Å². The summed E-state index contributed by atoms with van der Waals surface area (Å²) in [6.45, 7) is 0.548. The summed E-state index contributed by atoms with van der Waals surface area (Å²) in [7, 11) is 3.31. The Morgan fingerprint density at radius 1 is 0.944 bits per heavy atom. The van der Waals surface area contributed by atoms with Crippen LogP contribution < -0.4 is 14.8 Å². The molecule has 2 aliphatic rings. The summed E-state index contributed by atoms with van der Waals surface area (Å²) in [5.74, 6) is 1.53. The van der Waals surface area contributed by atoms with Gasteiger partial charge in [-0.15, -0.1) is 11.3 Å². The van der Waals surface area contributed by atoms with Gasteiger partial charge in [0.05, 0.1) is 32.5 Å². The predicted octanol–water partition coefficient (Wildman–Crippen LogP) is 6.57. The van der Waals surface area contributed by atoms with E-state index in [1.807, 2.05) is 58.7 Å². The maximum atomic E-state index is 14.0. The van der Waals surface area contributed by atoms with Crippen molar-refractivity contribution in [3.63, 3.8) is 0 Å². The highest BCUT2D eigenvalue weighted by atomic mass is 32.1. The number of hydrogen-bond acceptors (Lipinski definition) is 4. The van der Waals surface area contributed by atoms with Crippen molar-refractivity contribution in [1.29, 1.82) is 0 Å². The molecular weight excluding hydrogens is 470 g/mol. The van der Waals surface area contributed by atoms with Crippen molar-refractivity contribution in [1.82, 2.24) is 9.47 Å². The van der Waals surface area contributed by atoms with Crippen LogP contribution in [0, 0.1) is 0 Å². The molecule has 0 saturated heterocycles. The van der Waals surface area contributed by atoms with Gasteiger partial charge in [-0.25, -0.2) is 4.79 Å². The summed E-state index contributed by atoms with van der Waals surface area (Å²) >= 11 is 1.89. The molecule has 1 unspecified atom stereocenters. The van der Waals surface area contributed by atoms with Crippen LogP contribution in [0.4, 0.5) is 10.5 Å². The van der Waals surface area contributed by atoms with Gasteiger partial charge in [0.25, 0.3) is 0 Å². The summed E-state index contributed by atoms with van der Waals surface area (Å²) in [5, 5.41) is 4.38. The number of aryl methyl sites for hydroxylation is 1. The second-order valence-corrected chi connectivity index (χ2v) is 10.3. The Labute approximate surface area is 215 Å². The normalized spacial score (nSPS) is 16.4. The zero-order valence-corrected chi connectivity index (χ0v) is 21.3. The van der Waals surface area contributed by atoms with Crippen molar-refractivity contribution in [2.75, 3.05) is 19.5 Å². The molecule has 36 heavy (non-hydrogen) atoms. The molecule has 1 atom stereocenters. The van der Waals surface area contributed by atoms with Gasteiger partial charge < -0.3 is 24.3 Å². The maximum Gasteiger partial charge on any atom is 0.322 e. The van der Waals surface area contributed by atoms with Crippen LogP contribution >= 0.6 is 11.3 Å². The highest BCUT2D eigenvalue weighted by molar-refractivity contribution is 7.15. The lowest BCUT2D eigenvalue weighted by Gasteiger charge is -2.31. The second kappa shape index (κ2) is 9.39. The Morgan fingerprint density at radius 3 is 2.56 bits per heavy atom. The standard InChI is InChI=1S/C29H29N3O3S/c1-34-21-14-12-20(13-15-21)30-29(33)32-18-24-23-9-3-4-11-26(23)36-28(24)31-16-6-10-25(31)27(32)19-7-5-8-22(17-19)35-2/h5-8,10,12-17,27H,3-4,9,11,18H2,1-2H3,(H,30,33). The summed E-state index contributed by atoms with van der Waals surface area (Å²) in [6, 6.07) is 19.3. The van der Waals surface area contributed by atoms with Crippen LogP contribution in [0.25, 0.3) is 5.00 Å². The third-order valence-corrected chi connectivity index (χ3v) is 8.52. The Hall–Kier alpha value is -3.71. The molecule has 1 aliphatic heterocycles. The molecule has 2 aromatic carbocycles. The summed E-state index contributed by atoms with van der Waals surface area (Å²) in [5.41, 5.74) is 5.54. The van der Waals surface area contributed by atoms with Gasteiger partial charge >= 0.3 is 6.03 Å². The van der Waals surface area contributed by atoms with Gasteiger partial charge in [0, 0.05) is 22.3 Å². The molecule has 0 fully saturated rings. The minimum absolute atomic E-state index is 0.135. The van der Waals surface area contributed by atoms with Crippen LogP contribution in [0.15, 0.2) is 66.9 Å². The maximum absolute atomic E-state index is 14.0. The molecular formula is C29H29N3O3S.